The van der Waals surface area contributed by atoms with Crippen LogP contribution in [0.1, 0.15) is 31.0 Å². The third-order valence-electron chi connectivity index (χ3n) is 2.77. The second-order valence-corrected chi connectivity index (χ2v) is 5.33. The lowest BCUT2D eigenvalue weighted by Gasteiger charge is -2.18. The second-order valence-electron chi connectivity index (χ2n) is 4.42. The molecule has 0 aliphatic rings. The molecular weight excluding hydrogens is 216 g/mol. The van der Waals surface area contributed by atoms with Crippen LogP contribution in [0.3, 0.4) is 0 Å². The van der Waals surface area contributed by atoms with Crippen molar-refractivity contribution in [3.63, 3.8) is 0 Å². The molecule has 0 aliphatic carbocycles. The normalized spacial score (nSPS) is 14.8. The molecule has 0 amide bonds. The highest BCUT2D eigenvalue weighted by Crippen LogP contribution is 2.15. The lowest BCUT2D eigenvalue weighted by atomic mass is 10.1. The maximum absolute atomic E-state index is 4.19. The Hall–Kier alpha value is -0.540. The minimum absolute atomic E-state index is 0.387. The van der Waals surface area contributed by atoms with E-state index in [2.05, 4.69) is 43.4 Å². The number of hydrogen-bond acceptors (Lipinski definition) is 3. The Bertz CT molecular complexity index is 315. The summed E-state index contributed by atoms with van der Waals surface area (Å²) in [5.41, 5.74) is 2.62. The molecule has 0 spiro atoms. The fourth-order valence-electron chi connectivity index (χ4n) is 1.76. The molecule has 0 saturated heterocycles. The van der Waals surface area contributed by atoms with Gasteiger partial charge in [-0.1, -0.05) is 6.92 Å². The van der Waals surface area contributed by atoms with Crippen LogP contribution in [0.25, 0.3) is 0 Å². The van der Waals surface area contributed by atoms with Crippen LogP contribution < -0.4 is 5.32 Å². The first-order chi connectivity index (χ1) is 7.65. The second kappa shape index (κ2) is 6.92. The summed E-state index contributed by atoms with van der Waals surface area (Å²) in [4.78, 5) is 4.19. The highest BCUT2D eigenvalue weighted by atomic mass is 32.2. The highest BCUT2D eigenvalue weighted by Gasteiger charge is 2.09. The van der Waals surface area contributed by atoms with Crippen molar-refractivity contribution in [3.05, 3.63) is 29.6 Å². The standard InChI is InChI=1S/C13H22N2S/c1-10(9-16-4)7-15-12(3)13-8-14-6-5-11(13)2/h5-6,8,10,12,15H,7,9H2,1-4H3. The zero-order chi connectivity index (χ0) is 12.0. The van der Waals surface area contributed by atoms with Crippen molar-refractivity contribution in [2.75, 3.05) is 18.6 Å². The Balaban J connectivity index is 2.46. The molecule has 1 heterocycles. The topological polar surface area (TPSA) is 24.9 Å². The number of hydrogen-bond donors (Lipinski definition) is 1. The predicted molar refractivity (Wildman–Crippen MR) is 72.9 cm³/mol. The van der Waals surface area contributed by atoms with Crippen LogP contribution >= 0.6 is 11.8 Å². The molecule has 0 aliphatic heterocycles. The molecular formula is C13H22N2S. The van der Waals surface area contributed by atoms with Crippen molar-refractivity contribution in [2.24, 2.45) is 5.92 Å². The molecule has 1 aromatic heterocycles. The lowest BCUT2D eigenvalue weighted by Crippen LogP contribution is -2.26. The van der Waals surface area contributed by atoms with Crippen LogP contribution in [0.4, 0.5) is 0 Å². The van der Waals surface area contributed by atoms with Crippen LogP contribution in [0.2, 0.25) is 0 Å². The van der Waals surface area contributed by atoms with Gasteiger partial charge in [0.1, 0.15) is 0 Å². The van der Waals surface area contributed by atoms with E-state index in [4.69, 9.17) is 0 Å². The summed E-state index contributed by atoms with van der Waals surface area (Å²) < 4.78 is 0. The zero-order valence-electron chi connectivity index (χ0n) is 10.7. The monoisotopic (exact) mass is 238 g/mol. The number of pyridine rings is 1. The van der Waals surface area contributed by atoms with E-state index in [0.29, 0.717) is 6.04 Å². The van der Waals surface area contributed by atoms with Gasteiger partial charge in [-0.15, -0.1) is 0 Å². The first-order valence-electron chi connectivity index (χ1n) is 5.78. The first-order valence-corrected chi connectivity index (χ1v) is 7.17. The third-order valence-corrected chi connectivity index (χ3v) is 3.67. The molecule has 1 N–H and O–H groups in total. The molecule has 1 aromatic rings. The van der Waals surface area contributed by atoms with Gasteiger partial charge in [0.2, 0.25) is 0 Å². The van der Waals surface area contributed by atoms with Gasteiger partial charge < -0.3 is 5.32 Å². The fourth-order valence-corrected chi connectivity index (χ4v) is 2.45. The van der Waals surface area contributed by atoms with Gasteiger partial charge in [0.25, 0.3) is 0 Å². The molecule has 1 rings (SSSR count). The van der Waals surface area contributed by atoms with Crippen molar-refractivity contribution in [1.29, 1.82) is 0 Å². The summed E-state index contributed by atoms with van der Waals surface area (Å²) in [5.74, 6) is 1.93. The molecule has 90 valence electrons. The Kier molecular flexibility index (Phi) is 5.85. The summed E-state index contributed by atoms with van der Waals surface area (Å²) in [7, 11) is 0. The molecule has 0 radical (unpaired) electrons. The van der Waals surface area contributed by atoms with Gasteiger partial charge in [-0.05, 0) is 55.5 Å². The SMILES string of the molecule is CSCC(C)CNC(C)c1cnccc1C. The fraction of sp³-hybridized carbons (Fsp3) is 0.615. The molecule has 16 heavy (non-hydrogen) atoms. The number of aromatic nitrogens is 1. The van der Waals surface area contributed by atoms with Gasteiger partial charge in [0.05, 0.1) is 0 Å². The van der Waals surface area contributed by atoms with Crippen molar-refractivity contribution in [1.82, 2.24) is 10.3 Å². The van der Waals surface area contributed by atoms with E-state index in [1.165, 1.54) is 16.9 Å². The molecule has 0 aromatic carbocycles. The Morgan fingerprint density at radius 1 is 1.44 bits per heavy atom. The van der Waals surface area contributed by atoms with Crippen LogP contribution in [-0.4, -0.2) is 23.5 Å². The van der Waals surface area contributed by atoms with Gasteiger partial charge in [-0.25, -0.2) is 0 Å². The molecule has 0 bridgehead atoms. The molecule has 2 atom stereocenters. The maximum atomic E-state index is 4.19. The predicted octanol–water partition coefficient (Wildman–Crippen LogP) is 3.04. The van der Waals surface area contributed by atoms with Gasteiger partial charge in [-0.2, -0.15) is 11.8 Å². The summed E-state index contributed by atoms with van der Waals surface area (Å²) >= 11 is 1.91. The lowest BCUT2D eigenvalue weighted by molar-refractivity contribution is 0.499. The summed E-state index contributed by atoms with van der Waals surface area (Å²) in [6.45, 7) is 7.69. The van der Waals surface area contributed by atoms with Gasteiger partial charge in [0, 0.05) is 18.4 Å². The van der Waals surface area contributed by atoms with Gasteiger partial charge >= 0.3 is 0 Å². The first kappa shape index (κ1) is 13.5. The number of thioether (sulfide) groups is 1. The van der Waals surface area contributed by atoms with Crippen LogP contribution in [0.15, 0.2) is 18.5 Å². The Morgan fingerprint density at radius 3 is 2.81 bits per heavy atom. The van der Waals surface area contributed by atoms with E-state index < -0.39 is 0 Å². The van der Waals surface area contributed by atoms with Gasteiger partial charge in [-0.3, -0.25) is 4.98 Å². The average molecular weight is 238 g/mol. The van der Waals surface area contributed by atoms with E-state index >= 15 is 0 Å². The van der Waals surface area contributed by atoms with E-state index in [9.17, 15) is 0 Å². The third kappa shape index (κ3) is 4.14. The number of aryl methyl sites for hydroxylation is 1. The molecule has 3 heteroatoms. The quantitative estimate of drug-likeness (QED) is 0.824. The maximum Gasteiger partial charge on any atom is 0.0318 e. The van der Waals surface area contributed by atoms with Gasteiger partial charge in [0.15, 0.2) is 0 Å². The van der Waals surface area contributed by atoms with Crippen molar-refractivity contribution >= 4 is 11.8 Å². The van der Waals surface area contributed by atoms with Crippen LogP contribution in [0, 0.1) is 12.8 Å². The Morgan fingerprint density at radius 2 is 2.19 bits per heavy atom. The highest BCUT2D eigenvalue weighted by molar-refractivity contribution is 7.98. The van der Waals surface area contributed by atoms with Crippen LogP contribution in [0.5, 0.6) is 0 Å². The zero-order valence-corrected chi connectivity index (χ0v) is 11.5. The number of nitrogens with one attached hydrogen (secondary N) is 1. The smallest absolute Gasteiger partial charge is 0.0318 e. The number of rotatable bonds is 6. The van der Waals surface area contributed by atoms with Crippen molar-refractivity contribution in [2.45, 2.75) is 26.8 Å². The molecule has 0 saturated carbocycles. The van der Waals surface area contributed by atoms with Crippen molar-refractivity contribution in [3.8, 4) is 0 Å². The average Bonchev–Trinajstić information content (AvgIpc) is 2.27. The van der Waals surface area contributed by atoms with E-state index in [-0.39, 0.29) is 0 Å². The minimum Gasteiger partial charge on any atom is -0.310 e. The minimum atomic E-state index is 0.387. The molecule has 2 unspecified atom stereocenters. The van der Waals surface area contributed by atoms with Crippen molar-refractivity contribution < 1.29 is 0 Å². The summed E-state index contributed by atoms with van der Waals surface area (Å²) in [6.07, 6.45) is 5.97. The molecule has 0 fully saturated rings. The number of nitrogens with zero attached hydrogens (tertiary/aromatic N) is 1. The van der Waals surface area contributed by atoms with E-state index in [0.717, 1.165) is 12.5 Å². The Labute approximate surface area is 103 Å². The summed E-state index contributed by atoms with van der Waals surface area (Å²) in [5, 5.41) is 3.57. The molecule has 2 nitrogen and oxygen atoms in total. The summed E-state index contributed by atoms with van der Waals surface area (Å²) in [6, 6.07) is 2.46. The van der Waals surface area contributed by atoms with Crippen LogP contribution in [-0.2, 0) is 0 Å². The van der Waals surface area contributed by atoms with E-state index in [1.807, 2.05) is 24.2 Å². The largest absolute Gasteiger partial charge is 0.310 e. The van der Waals surface area contributed by atoms with E-state index in [1.54, 1.807) is 0 Å².